The molecule has 2 aromatic heterocycles. The number of nitrogens with two attached hydrogens (primary N) is 1. The summed E-state index contributed by atoms with van der Waals surface area (Å²) in [6.45, 7) is 3.51. The molecule has 6 N–H and O–H groups in total. The predicted octanol–water partition coefficient (Wildman–Crippen LogP) is 1.53. The number of rotatable bonds is 13. The topological polar surface area (TPSA) is 216 Å². The number of anilines is 1. The molecule has 3 atom stereocenters. The zero-order chi connectivity index (χ0) is 24.8. The molecule has 0 radical (unpaired) electrons. The maximum Gasteiger partial charge on any atom is 0.506 e. The van der Waals surface area contributed by atoms with Gasteiger partial charge in [0.2, 0.25) is 0 Å². The summed E-state index contributed by atoms with van der Waals surface area (Å²) in [5.74, 6) is -0.275. The summed E-state index contributed by atoms with van der Waals surface area (Å²) in [6.07, 6.45) is 0.436. The number of aryl methyl sites for hydroxylation is 1. The van der Waals surface area contributed by atoms with Gasteiger partial charge in [0.05, 0.1) is 17.0 Å². The Balaban J connectivity index is 2.23. The van der Waals surface area contributed by atoms with Gasteiger partial charge in [0.25, 0.3) is 5.01 Å². The molecular weight excluding hydrogens is 502 g/mol. The zero-order valence-electron chi connectivity index (χ0n) is 17.7. The van der Waals surface area contributed by atoms with Gasteiger partial charge in [0.1, 0.15) is 17.7 Å². The van der Waals surface area contributed by atoms with Crippen LogP contribution in [0.1, 0.15) is 45.9 Å². The van der Waals surface area contributed by atoms with Gasteiger partial charge >= 0.3 is 22.0 Å². The smallest absolute Gasteiger partial charge is 0.481 e. The van der Waals surface area contributed by atoms with E-state index in [1.165, 1.54) is 11.3 Å². The second-order valence-corrected chi connectivity index (χ2v) is 10.5. The summed E-state index contributed by atoms with van der Waals surface area (Å²) >= 11 is 1.20. The average Bonchev–Trinajstić information content (AvgIpc) is 3.03. The van der Waals surface area contributed by atoms with Crippen molar-refractivity contribution in [2.45, 2.75) is 45.8 Å². The number of carbonyl (C=O) groups is 1. The van der Waals surface area contributed by atoms with Gasteiger partial charge < -0.3 is 25.4 Å². The Morgan fingerprint density at radius 3 is 2.73 bits per heavy atom. The van der Waals surface area contributed by atoms with Crippen molar-refractivity contribution >= 4 is 39.2 Å². The molecule has 2 heterocycles. The van der Waals surface area contributed by atoms with Crippen LogP contribution < -0.4 is 10.3 Å². The Labute approximate surface area is 193 Å². The van der Waals surface area contributed by atoms with E-state index in [4.69, 9.17) is 25.5 Å². The lowest BCUT2D eigenvalue weighted by Gasteiger charge is -2.07. The fraction of sp³-hybridized carbons (Fsp3) is 0.500. The fourth-order valence-electron chi connectivity index (χ4n) is 2.80. The van der Waals surface area contributed by atoms with Crippen LogP contribution in [-0.4, -0.2) is 42.9 Å². The SMILES string of the molecule is Cc1ncc(C[n+]2c(C(O)CCC(=O)O)sc(CCO[PH](=O)OP(=O)(O)OO)c2C)c(N)n1. The molecule has 184 valence electrons. The van der Waals surface area contributed by atoms with Gasteiger partial charge in [-0.15, -0.1) is 4.67 Å². The van der Waals surface area contributed by atoms with Crippen LogP contribution in [0.25, 0.3) is 0 Å². The monoisotopic (exact) mass is 527 g/mol. The van der Waals surface area contributed by atoms with E-state index < -0.39 is 28.2 Å². The first-order valence-corrected chi connectivity index (χ1v) is 13.0. The van der Waals surface area contributed by atoms with Crippen molar-refractivity contribution in [3.05, 3.63) is 33.2 Å². The number of nitrogens with zero attached hydrogens (tertiary/aromatic N) is 3. The van der Waals surface area contributed by atoms with Gasteiger partial charge in [0, 0.05) is 26.0 Å². The summed E-state index contributed by atoms with van der Waals surface area (Å²) in [5, 5.41) is 28.2. The zero-order valence-corrected chi connectivity index (χ0v) is 20.4. The maximum atomic E-state index is 11.6. The van der Waals surface area contributed by atoms with Crippen LogP contribution in [0.15, 0.2) is 6.20 Å². The van der Waals surface area contributed by atoms with Crippen molar-refractivity contribution in [1.82, 2.24) is 9.97 Å². The number of aliphatic hydroxyl groups is 1. The highest BCUT2D eigenvalue weighted by molar-refractivity contribution is 7.55. The average molecular weight is 527 g/mol. The first kappa shape index (κ1) is 27.4. The number of phosphoric acid groups is 1. The molecule has 33 heavy (non-hydrogen) atoms. The first-order valence-electron chi connectivity index (χ1n) is 9.45. The number of hydrogen-bond acceptors (Lipinski definition) is 12. The molecule has 0 spiro atoms. The number of aliphatic hydroxyl groups excluding tert-OH is 1. The van der Waals surface area contributed by atoms with Crippen LogP contribution >= 0.6 is 27.4 Å². The Bertz CT molecular complexity index is 1070. The Morgan fingerprint density at radius 2 is 2.12 bits per heavy atom. The molecule has 14 nitrogen and oxygen atoms in total. The molecule has 17 heteroatoms. The highest BCUT2D eigenvalue weighted by Gasteiger charge is 2.30. The normalized spacial score (nSPS) is 15.2. The third-order valence-electron chi connectivity index (χ3n) is 4.41. The molecule has 0 aliphatic heterocycles. The number of nitrogen functional groups attached to an aromatic ring is 1. The van der Waals surface area contributed by atoms with Gasteiger partial charge in [-0.1, -0.05) is 11.3 Å². The van der Waals surface area contributed by atoms with Gasteiger partial charge in [-0.25, -0.2) is 24.1 Å². The lowest BCUT2D eigenvalue weighted by molar-refractivity contribution is -0.700. The summed E-state index contributed by atoms with van der Waals surface area (Å²) in [6, 6.07) is 0. The van der Waals surface area contributed by atoms with Gasteiger partial charge in [-0.05, 0) is 13.3 Å². The van der Waals surface area contributed by atoms with E-state index in [0.29, 0.717) is 27.0 Å². The van der Waals surface area contributed by atoms with Crippen molar-refractivity contribution in [3.63, 3.8) is 0 Å². The highest BCUT2D eigenvalue weighted by atomic mass is 32.1. The van der Waals surface area contributed by atoms with Crippen molar-refractivity contribution in [2.24, 2.45) is 0 Å². The maximum absolute atomic E-state index is 11.6. The highest BCUT2D eigenvalue weighted by Crippen LogP contribution is 2.51. The third kappa shape index (κ3) is 8.18. The predicted molar refractivity (Wildman–Crippen MR) is 115 cm³/mol. The summed E-state index contributed by atoms with van der Waals surface area (Å²) in [5.41, 5.74) is 7.30. The van der Waals surface area contributed by atoms with Gasteiger partial charge in [-0.3, -0.25) is 9.36 Å². The van der Waals surface area contributed by atoms with E-state index in [1.807, 2.05) is 0 Å². The molecule has 0 saturated heterocycles. The Morgan fingerprint density at radius 1 is 1.42 bits per heavy atom. The second kappa shape index (κ2) is 12.1. The molecular formula is C16H25N4O10P2S+. The van der Waals surface area contributed by atoms with E-state index in [1.54, 1.807) is 24.6 Å². The minimum atomic E-state index is -4.87. The number of aliphatic carboxylic acids is 1. The Kier molecular flexibility index (Phi) is 10.0. The van der Waals surface area contributed by atoms with Crippen molar-refractivity contribution in [2.75, 3.05) is 12.3 Å². The quantitative estimate of drug-likeness (QED) is 0.108. The van der Waals surface area contributed by atoms with Crippen LogP contribution in [0.5, 0.6) is 0 Å². The van der Waals surface area contributed by atoms with Crippen LogP contribution in [0.3, 0.4) is 0 Å². The number of thiazole rings is 1. The summed E-state index contributed by atoms with van der Waals surface area (Å²) in [7, 11) is -8.31. The number of carboxylic acids is 1. The fourth-order valence-corrected chi connectivity index (χ4v) is 5.43. The standard InChI is InChI=1S/C16H24N4O10P2S/c1-9-13(5-6-28-31(25)30-32(26,27)29-24)33-16(12(21)3-4-14(22)23)20(9)8-11-7-18-10(2)19-15(11)17/h7,12,21,31H,3-6,8H2,1-2H3,(H4-,17,18,19,22,23,24,26,27)/p+1. The molecule has 3 unspecified atom stereocenters. The third-order valence-corrected chi connectivity index (χ3v) is 8.02. The first-order chi connectivity index (χ1) is 15.4. The number of carboxylic acid groups (broad SMARTS) is 1. The van der Waals surface area contributed by atoms with Crippen LogP contribution in [-0.2, 0) is 40.4 Å². The molecule has 0 fully saturated rings. The molecule has 0 amide bonds. The van der Waals surface area contributed by atoms with Crippen LogP contribution in [0, 0.1) is 13.8 Å². The van der Waals surface area contributed by atoms with Crippen molar-refractivity contribution < 1.29 is 52.4 Å². The Hall–Kier alpha value is -1.80. The van der Waals surface area contributed by atoms with Crippen LogP contribution in [0.2, 0.25) is 0 Å². The molecule has 0 aromatic carbocycles. The number of aromatic nitrogens is 3. The summed E-state index contributed by atoms with van der Waals surface area (Å²) < 4.78 is 36.6. The second-order valence-electron chi connectivity index (χ2n) is 6.80. The van der Waals surface area contributed by atoms with Gasteiger partial charge in [0.15, 0.2) is 12.2 Å². The van der Waals surface area contributed by atoms with E-state index in [9.17, 15) is 19.0 Å². The van der Waals surface area contributed by atoms with Crippen LogP contribution in [0.4, 0.5) is 5.82 Å². The van der Waals surface area contributed by atoms with Crippen molar-refractivity contribution in [1.29, 1.82) is 0 Å². The lowest BCUT2D eigenvalue weighted by Crippen LogP contribution is -2.41. The van der Waals surface area contributed by atoms with E-state index >= 15 is 0 Å². The molecule has 0 aliphatic carbocycles. The lowest BCUT2D eigenvalue weighted by atomic mass is 10.2. The number of hydrogen-bond donors (Lipinski definition) is 5. The molecule has 0 aliphatic rings. The van der Waals surface area contributed by atoms with E-state index in [2.05, 4.69) is 19.0 Å². The molecule has 2 rings (SSSR count). The largest absolute Gasteiger partial charge is 0.506 e. The molecule has 0 saturated carbocycles. The molecule has 0 bridgehead atoms. The van der Waals surface area contributed by atoms with Gasteiger partial charge in [-0.2, -0.15) is 4.57 Å². The molecule has 2 aromatic rings. The minimum absolute atomic E-state index is 0.0143. The summed E-state index contributed by atoms with van der Waals surface area (Å²) in [4.78, 5) is 28.8. The van der Waals surface area contributed by atoms with E-state index in [-0.39, 0.29) is 38.2 Å². The van der Waals surface area contributed by atoms with E-state index in [0.717, 1.165) is 0 Å². The van der Waals surface area contributed by atoms with Crippen molar-refractivity contribution in [3.8, 4) is 0 Å². The minimum Gasteiger partial charge on any atom is -0.481 e.